The topological polar surface area (TPSA) is 32.3 Å². The summed E-state index contributed by atoms with van der Waals surface area (Å²) in [6.45, 7) is 3.36. The van der Waals surface area contributed by atoms with Crippen LogP contribution >= 0.6 is 0 Å². The molecule has 2 heteroatoms. The SMILES string of the molecule is CCCNC1CCCCCC1Cc1cccc(O)c1. The molecule has 1 aliphatic rings. The Kier molecular flexibility index (Phi) is 5.71. The van der Waals surface area contributed by atoms with Crippen LogP contribution in [0.5, 0.6) is 5.75 Å². The number of phenolic OH excluding ortho intramolecular Hbond substituents is 1. The van der Waals surface area contributed by atoms with Gasteiger partial charge in [-0.15, -0.1) is 0 Å². The summed E-state index contributed by atoms with van der Waals surface area (Å²) in [7, 11) is 0. The van der Waals surface area contributed by atoms with Crippen molar-refractivity contribution in [1.82, 2.24) is 5.32 Å². The number of phenols is 1. The second kappa shape index (κ2) is 7.54. The molecule has 106 valence electrons. The summed E-state index contributed by atoms with van der Waals surface area (Å²) in [5, 5.41) is 13.3. The van der Waals surface area contributed by atoms with Gasteiger partial charge < -0.3 is 10.4 Å². The van der Waals surface area contributed by atoms with Gasteiger partial charge in [0.15, 0.2) is 0 Å². The highest BCUT2D eigenvalue weighted by Crippen LogP contribution is 2.27. The zero-order chi connectivity index (χ0) is 13.5. The number of benzene rings is 1. The fraction of sp³-hybridized carbons (Fsp3) is 0.647. The predicted octanol–water partition coefficient (Wildman–Crippen LogP) is 3.88. The molecule has 1 saturated carbocycles. The third-order valence-corrected chi connectivity index (χ3v) is 4.22. The Hall–Kier alpha value is -1.02. The monoisotopic (exact) mass is 261 g/mol. The van der Waals surface area contributed by atoms with Crippen molar-refractivity contribution in [2.24, 2.45) is 5.92 Å². The Morgan fingerprint density at radius 1 is 1.21 bits per heavy atom. The van der Waals surface area contributed by atoms with Crippen LogP contribution in [-0.4, -0.2) is 17.7 Å². The fourth-order valence-electron chi connectivity index (χ4n) is 3.21. The first-order valence-corrected chi connectivity index (χ1v) is 7.81. The lowest BCUT2D eigenvalue weighted by Crippen LogP contribution is -2.37. The van der Waals surface area contributed by atoms with Crippen LogP contribution in [-0.2, 0) is 6.42 Å². The van der Waals surface area contributed by atoms with Crippen molar-refractivity contribution in [3.05, 3.63) is 29.8 Å². The zero-order valence-corrected chi connectivity index (χ0v) is 12.1. The van der Waals surface area contributed by atoms with E-state index in [0.717, 1.165) is 18.9 Å². The molecule has 1 aromatic rings. The van der Waals surface area contributed by atoms with Crippen LogP contribution in [0, 0.1) is 5.92 Å². The van der Waals surface area contributed by atoms with Crippen molar-refractivity contribution in [2.75, 3.05) is 6.54 Å². The number of hydrogen-bond donors (Lipinski definition) is 2. The fourth-order valence-corrected chi connectivity index (χ4v) is 3.21. The van der Waals surface area contributed by atoms with E-state index in [1.807, 2.05) is 12.1 Å². The number of rotatable bonds is 5. The van der Waals surface area contributed by atoms with Gasteiger partial charge in [-0.3, -0.25) is 0 Å². The molecule has 0 heterocycles. The molecule has 1 aliphatic carbocycles. The normalized spacial score (nSPS) is 24.1. The van der Waals surface area contributed by atoms with Crippen LogP contribution in [0.15, 0.2) is 24.3 Å². The van der Waals surface area contributed by atoms with Crippen LogP contribution in [0.25, 0.3) is 0 Å². The van der Waals surface area contributed by atoms with Crippen molar-refractivity contribution in [1.29, 1.82) is 0 Å². The highest BCUT2D eigenvalue weighted by Gasteiger charge is 2.23. The summed E-state index contributed by atoms with van der Waals surface area (Å²) in [4.78, 5) is 0. The van der Waals surface area contributed by atoms with Crippen molar-refractivity contribution < 1.29 is 5.11 Å². The van der Waals surface area contributed by atoms with Gasteiger partial charge in [0.05, 0.1) is 0 Å². The summed E-state index contributed by atoms with van der Waals surface area (Å²) in [6.07, 6.45) is 9.01. The van der Waals surface area contributed by atoms with E-state index < -0.39 is 0 Å². The summed E-state index contributed by atoms with van der Waals surface area (Å²) in [5.74, 6) is 1.11. The molecular weight excluding hydrogens is 234 g/mol. The van der Waals surface area contributed by atoms with Gasteiger partial charge in [-0.1, -0.05) is 38.3 Å². The average molecular weight is 261 g/mol. The van der Waals surface area contributed by atoms with E-state index >= 15 is 0 Å². The molecule has 2 unspecified atom stereocenters. The van der Waals surface area contributed by atoms with E-state index in [1.54, 1.807) is 6.07 Å². The number of hydrogen-bond acceptors (Lipinski definition) is 2. The minimum atomic E-state index is 0.393. The van der Waals surface area contributed by atoms with E-state index in [2.05, 4.69) is 18.3 Å². The molecule has 0 radical (unpaired) electrons. The summed E-state index contributed by atoms with van der Waals surface area (Å²) in [5.41, 5.74) is 1.27. The molecule has 0 saturated heterocycles. The lowest BCUT2D eigenvalue weighted by Gasteiger charge is -2.26. The van der Waals surface area contributed by atoms with Crippen LogP contribution in [0.1, 0.15) is 51.0 Å². The Bertz CT molecular complexity index is 377. The Labute approximate surface area is 117 Å². The molecule has 2 nitrogen and oxygen atoms in total. The largest absolute Gasteiger partial charge is 0.508 e. The molecule has 2 atom stereocenters. The lowest BCUT2D eigenvalue weighted by atomic mass is 9.88. The Morgan fingerprint density at radius 3 is 2.84 bits per heavy atom. The van der Waals surface area contributed by atoms with Gasteiger partial charge in [0.2, 0.25) is 0 Å². The van der Waals surface area contributed by atoms with E-state index in [9.17, 15) is 5.11 Å². The van der Waals surface area contributed by atoms with Crippen LogP contribution in [0.3, 0.4) is 0 Å². The first-order chi connectivity index (χ1) is 9.29. The second-order valence-corrected chi connectivity index (χ2v) is 5.83. The van der Waals surface area contributed by atoms with Crippen molar-refractivity contribution in [2.45, 2.75) is 57.9 Å². The van der Waals surface area contributed by atoms with Gasteiger partial charge in [-0.2, -0.15) is 0 Å². The van der Waals surface area contributed by atoms with Crippen molar-refractivity contribution in [3.8, 4) is 5.75 Å². The van der Waals surface area contributed by atoms with Gasteiger partial charge in [0.1, 0.15) is 5.75 Å². The number of aromatic hydroxyl groups is 1. The maximum Gasteiger partial charge on any atom is 0.115 e. The van der Waals surface area contributed by atoms with Crippen LogP contribution in [0.2, 0.25) is 0 Å². The van der Waals surface area contributed by atoms with Gasteiger partial charge in [0, 0.05) is 6.04 Å². The standard InChI is InChI=1S/C17H27NO/c1-2-11-18-17-10-5-3-4-8-15(17)12-14-7-6-9-16(19)13-14/h6-7,9,13,15,17-19H,2-5,8,10-12H2,1H3. The molecule has 19 heavy (non-hydrogen) atoms. The zero-order valence-electron chi connectivity index (χ0n) is 12.1. The molecule has 0 amide bonds. The Balaban J connectivity index is 2.00. The summed E-state index contributed by atoms with van der Waals surface area (Å²) >= 11 is 0. The maximum absolute atomic E-state index is 9.59. The maximum atomic E-state index is 9.59. The van der Waals surface area contributed by atoms with E-state index in [1.165, 1.54) is 44.1 Å². The van der Waals surface area contributed by atoms with Crippen LogP contribution < -0.4 is 5.32 Å². The van der Waals surface area contributed by atoms with E-state index in [-0.39, 0.29) is 0 Å². The molecule has 0 aliphatic heterocycles. The predicted molar refractivity (Wildman–Crippen MR) is 80.5 cm³/mol. The number of nitrogens with one attached hydrogen (secondary N) is 1. The first kappa shape index (κ1) is 14.4. The van der Waals surface area contributed by atoms with Crippen molar-refractivity contribution in [3.63, 3.8) is 0 Å². The molecule has 0 aromatic heterocycles. The lowest BCUT2D eigenvalue weighted by molar-refractivity contribution is 0.332. The molecule has 1 aromatic carbocycles. The highest BCUT2D eigenvalue weighted by molar-refractivity contribution is 5.27. The third kappa shape index (κ3) is 4.54. The molecule has 0 bridgehead atoms. The first-order valence-electron chi connectivity index (χ1n) is 7.81. The minimum absolute atomic E-state index is 0.393. The van der Waals surface area contributed by atoms with Gasteiger partial charge in [-0.05, 0) is 55.8 Å². The van der Waals surface area contributed by atoms with Crippen molar-refractivity contribution >= 4 is 0 Å². The molecule has 2 N–H and O–H groups in total. The highest BCUT2D eigenvalue weighted by atomic mass is 16.3. The molecule has 0 spiro atoms. The van der Waals surface area contributed by atoms with Gasteiger partial charge in [0.25, 0.3) is 0 Å². The molecule has 1 fully saturated rings. The molecule has 2 rings (SSSR count). The van der Waals surface area contributed by atoms with Gasteiger partial charge in [-0.25, -0.2) is 0 Å². The minimum Gasteiger partial charge on any atom is -0.508 e. The quantitative estimate of drug-likeness (QED) is 0.788. The summed E-state index contributed by atoms with van der Waals surface area (Å²) in [6, 6.07) is 8.42. The Morgan fingerprint density at radius 2 is 2.05 bits per heavy atom. The molecular formula is C17H27NO. The smallest absolute Gasteiger partial charge is 0.115 e. The average Bonchev–Trinajstić information content (AvgIpc) is 2.62. The second-order valence-electron chi connectivity index (χ2n) is 5.83. The van der Waals surface area contributed by atoms with E-state index in [4.69, 9.17) is 0 Å². The van der Waals surface area contributed by atoms with Crippen LogP contribution in [0.4, 0.5) is 0 Å². The van der Waals surface area contributed by atoms with E-state index in [0.29, 0.717) is 11.8 Å². The van der Waals surface area contributed by atoms with Gasteiger partial charge >= 0.3 is 0 Å². The summed E-state index contributed by atoms with van der Waals surface area (Å²) < 4.78 is 0. The third-order valence-electron chi connectivity index (χ3n) is 4.22.